The maximum absolute atomic E-state index is 11.5. The highest BCUT2D eigenvalue weighted by atomic mass is 32.2. The zero-order valence-electron chi connectivity index (χ0n) is 11.0. The summed E-state index contributed by atoms with van der Waals surface area (Å²) >= 11 is 0. The van der Waals surface area contributed by atoms with E-state index in [0.29, 0.717) is 0 Å². The molecular formula is C12H15NO7S. The molecule has 0 radical (unpaired) electrons. The Bertz CT molecular complexity index is 591. The van der Waals surface area contributed by atoms with Crippen LogP contribution in [-0.4, -0.2) is 52.6 Å². The second-order valence-corrected chi connectivity index (χ2v) is 6.92. The van der Waals surface area contributed by atoms with E-state index < -0.39 is 45.0 Å². The molecule has 2 aliphatic rings. The van der Waals surface area contributed by atoms with Crippen LogP contribution in [0.25, 0.3) is 0 Å². The predicted molar refractivity (Wildman–Crippen MR) is 69.7 cm³/mol. The van der Waals surface area contributed by atoms with E-state index in [4.69, 9.17) is 5.11 Å². The van der Waals surface area contributed by atoms with Crippen LogP contribution >= 0.6 is 0 Å². The third-order valence-corrected chi connectivity index (χ3v) is 5.32. The first-order valence-corrected chi connectivity index (χ1v) is 7.93. The third kappa shape index (κ3) is 3.30. The van der Waals surface area contributed by atoms with E-state index in [1.807, 2.05) is 0 Å². The second-order valence-electron chi connectivity index (χ2n) is 5.28. The first-order chi connectivity index (χ1) is 9.70. The van der Waals surface area contributed by atoms with E-state index in [0.717, 1.165) is 17.1 Å². The first-order valence-electron chi connectivity index (χ1n) is 6.42. The Labute approximate surface area is 121 Å². The number of imide groups is 1. The highest BCUT2D eigenvalue weighted by Gasteiger charge is 2.42. The molecule has 2 rings (SSSR count). The lowest BCUT2D eigenvalue weighted by molar-refractivity contribution is -0.144. The van der Waals surface area contributed by atoms with Gasteiger partial charge in [-0.25, -0.2) is 0 Å². The molecule has 0 saturated heterocycles. The van der Waals surface area contributed by atoms with Crippen molar-refractivity contribution in [2.45, 2.75) is 24.5 Å². The van der Waals surface area contributed by atoms with Gasteiger partial charge in [0, 0.05) is 18.7 Å². The van der Waals surface area contributed by atoms with Gasteiger partial charge < -0.3 is 5.11 Å². The first kappa shape index (κ1) is 15.6. The monoisotopic (exact) mass is 317 g/mol. The summed E-state index contributed by atoms with van der Waals surface area (Å²) in [5, 5.41) is 7.69. The number of nitrogens with zero attached hydrogens (tertiary/aromatic N) is 1. The van der Waals surface area contributed by atoms with Crippen molar-refractivity contribution in [2.75, 3.05) is 6.54 Å². The molecule has 3 atom stereocenters. The molecule has 0 aromatic rings. The Hall–Kier alpha value is -1.74. The molecule has 0 aromatic carbocycles. The van der Waals surface area contributed by atoms with Crippen molar-refractivity contribution in [1.82, 2.24) is 4.90 Å². The molecule has 1 aliphatic heterocycles. The van der Waals surface area contributed by atoms with Gasteiger partial charge in [0.2, 0.25) is 0 Å². The van der Waals surface area contributed by atoms with Crippen LogP contribution in [-0.2, 0) is 24.5 Å². The fraction of sp³-hybridized carbons (Fsp3) is 0.583. The maximum atomic E-state index is 11.5. The van der Waals surface area contributed by atoms with Gasteiger partial charge in [-0.1, -0.05) is 0 Å². The predicted octanol–water partition coefficient (Wildman–Crippen LogP) is -0.331. The Kier molecular flexibility index (Phi) is 4.15. The highest BCUT2D eigenvalue weighted by Crippen LogP contribution is 2.34. The number of carboxylic acids is 1. The Morgan fingerprint density at radius 1 is 1.24 bits per heavy atom. The van der Waals surface area contributed by atoms with Crippen molar-refractivity contribution in [1.29, 1.82) is 0 Å². The Morgan fingerprint density at radius 2 is 1.81 bits per heavy atom. The topological polar surface area (TPSA) is 129 Å². The molecule has 8 nitrogen and oxygen atoms in total. The van der Waals surface area contributed by atoms with Gasteiger partial charge >= 0.3 is 5.97 Å². The van der Waals surface area contributed by atoms with Gasteiger partial charge in [-0.15, -0.1) is 0 Å². The average molecular weight is 317 g/mol. The molecule has 0 aromatic heterocycles. The molecule has 0 spiro atoms. The maximum Gasteiger partial charge on any atom is 0.306 e. The standard InChI is InChI=1S/C12H15NO7S/c14-10-3-4-11(15)13(10)6-8-2-1-7(12(16)17)5-9(8)21(18,19)20/h3-4,7-9H,1-2,5-6H2,(H,16,17)(H,18,19,20). The molecule has 1 heterocycles. The Morgan fingerprint density at radius 3 is 2.29 bits per heavy atom. The molecular weight excluding hydrogens is 302 g/mol. The zero-order chi connectivity index (χ0) is 15.8. The normalized spacial score (nSPS) is 30.0. The van der Waals surface area contributed by atoms with E-state index in [1.165, 1.54) is 0 Å². The van der Waals surface area contributed by atoms with Crippen molar-refractivity contribution in [3.8, 4) is 0 Å². The van der Waals surface area contributed by atoms with Crippen molar-refractivity contribution in [2.24, 2.45) is 11.8 Å². The van der Waals surface area contributed by atoms with E-state index in [-0.39, 0.29) is 25.8 Å². The molecule has 3 unspecified atom stereocenters. The molecule has 1 aliphatic carbocycles. The SMILES string of the molecule is O=C(O)C1CCC(CN2C(=O)C=CC2=O)C(S(=O)(=O)O)C1. The van der Waals surface area contributed by atoms with Gasteiger partial charge in [0.1, 0.15) is 0 Å². The summed E-state index contributed by atoms with van der Waals surface area (Å²) in [4.78, 5) is 34.9. The van der Waals surface area contributed by atoms with Gasteiger partial charge in [0.05, 0.1) is 11.2 Å². The fourth-order valence-electron chi connectivity index (χ4n) is 2.84. The summed E-state index contributed by atoms with van der Waals surface area (Å²) in [6.45, 7) is -0.137. The summed E-state index contributed by atoms with van der Waals surface area (Å²) in [6.07, 6.45) is 2.41. The van der Waals surface area contributed by atoms with Crippen molar-refractivity contribution in [3.63, 3.8) is 0 Å². The molecule has 1 fully saturated rings. The molecule has 9 heteroatoms. The minimum Gasteiger partial charge on any atom is -0.481 e. The number of hydrogen-bond acceptors (Lipinski definition) is 5. The van der Waals surface area contributed by atoms with Crippen LogP contribution in [0.4, 0.5) is 0 Å². The zero-order valence-corrected chi connectivity index (χ0v) is 11.8. The number of carbonyl (C=O) groups is 3. The lowest BCUT2D eigenvalue weighted by atomic mass is 9.81. The number of carbonyl (C=O) groups excluding carboxylic acids is 2. The average Bonchev–Trinajstić information content (AvgIpc) is 2.69. The lowest BCUT2D eigenvalue weighted by Gasteiger charge is -2.34. The van der Waals surface area contributed by atoms with Crippen molar-refractivity contribution in [3.05, 3.63) is 12.2 Å². The van der Waals surface area contributed by atoms with Crippen LogP contribution in [0.2, 0.25) is 0 Å². The number of carboxylic acid groups (broad SMARTS) is 1. The largest absolute Gasteiger partial charge is 0.481 e. The smallest absolute Gasteiger partial charge is 0.306 e. The highest BCUT2D eigenvalue weighted by molar-refractivity contribution is 7.86. The molecule has 2 N–H and O–H groups in total. The van der Waals surface area contributed by atoms with Gasteiger partial charge in [0.25, 0.3) is 21.9 Å². The van der Waals surface area contributed by atoms with Gasteiger partial charge in [-0.3, -0.25) is 23.8 Å². The summed E-state index contributed by atoms with van der Waals surface area (Å²) in [5.41, 5.74) is 0. The summed E-state index contributed by atoms with van der Waals surface area (Å²) in [5.74, 6) is -3.69. The number of hydrogen-bond donors (Lipinski definition) is 2. The van der Waals surface area contributed by atoms with E-state index in [9.17, 15) is 27.4 Å². The number of rotatable bonds is 4. The van der Waals surface area contributed by atoms with Gasteiger partial charge in [0.15, 0.2) is 0 Å². The summed E-state index contributed by atoms with van der Waals surface area (Å²) < 4.78 is 32.2. The van der Waals surface area contributed by atoms with Crippen LogP contribution in [0.3, 0.4) is 0 Å². The third-order valence-electron chi connectivity index (χ3n) is 3.98. The van der Waals surface area contributed by atoms with Crippen LogP contribution in [0.15, 0.2) is 12.2 Å². The van der Waals surface area contributed by atoms with E-state index >= 15 is 0 Å². The number of amides is 2. The van der Waals surface area contributed by atoms with Crippen LogP contribution in [0.1, 0.15) is 19.3 Å². The van der Waals surface area contributed by atoms with Crippen molar-refractivity contribution >= 4 is 27.9 Å². The minimum absolute atomic E-state index is 0.137. The molecule has 21 heavy (non-hydrogen) atoms. The minimum atomic E-state index is -4.45. The van der Waals surface area contributed by atoms with Crippen LogP contribution < -0.4 is 0 Å². The Balaban J connectivity index is 2.16. The molecule has 0 bridgehead atoms. The molecule has 116 valence electrons. The van der Waals surface area contributed by atoms with E-state index in [2.05, 4.69) is 0 Å². The summed E-state index contributed by atoms with van der Waals surface area (Å²) in [7, 11) is -4.45. The summed E-state index contributed by atoms with van der Waals surface area (Å²) in [6, 6.07) is 0. The van der Waals surface area contributed by atoms with Crippen LogP contribution in [0, 0.1) is 11.8 Å². The van der Waals surface area contributed by atoms with Gasteiger partial charge in [-0.05, 0) is 25.2 Å². The van der Waals surface area contributed by atoms with Gasteiger partial charge in [-0.2, -0.15) is 8.42 Å². The fourth-order valence-corrected chi connectivity index (χ4v) is 4.02. The van der Waals surface area contributed by atoms with Crippen molar-refractivity contribution < 1.29 is 32.5 Å². The second kappa shape index (κ2) is 5.57. The van der Waals surface area contributed by atoms with E-state index in [1.54, 1.807) is 0 Å². The molecule has 1 saturated carbocycles. The van der Waals surface area contributed by atoms with Crippen LogP contribution in [0.5, 0.6) is 0 Å². The number of aliphatic carboxylic acids is 1. The molecule has 2 amide bonds. The quantitative estimate of drug-likeness (QED) is 0.536. The lowest BCUT2D eigenvalue weighted by Crippen LogP contribution is -2.45.